The van der Waals surface area contributed by atoms with Crippen LogP contribution < -0.4 is 10.1 Å². The maximum Gasteiger partial charge on any atom is 0.213 e. The minimum Gasteiger partial charge on any atom is -0.478 e. The lowest BCUT2D eigenvalue weighted by Gasteiger charge is -2.06. The van der Waals surface area contributed by atoms with Gasteiger partial charge in [0.2, 0.25) is 5.88 Å². The minimum atomic E-state index is 0.614. The van der Waals surface area contributed by atoms with E-state index in [0.29, 0.717) is 19.0 Å². The summed E-state index contributed by atoms with van der Waals surface area (Å²) in [5.41, 5.74) is 2.93. The fourth-order valence-electron chi connectivity index (χ4n) is 2.19. The molecular weight excluding hydrogens is 286 g/mol. The number of halogens is 1. The summed E-state index contributed by atoms with van der Waals surface area (Å²) in [6.07, 6.45) is 1.75. The van der Waals surface area contributed by atoms with E-state index in [-0.39, 0.29) is 0 Å². The average Bonchev–Trinajstić information content (AvgIpc) is 2.84. The molecule has 3 aromatic rings. The Labute approximate surface area is 128 Å². The molecule has 3 rings (SSSR count). The van der Waals surface area contributed by atoms with Crippen molar-refractivity contribution < 1.29 is 4.74 Å². The van der Waals surface area contributed by atoms with Crippen molar-refractivity contribution >= 4 is 28.2 Å². The summed E-state index contributed by atoms with van der Waals surface area (Å²) in [5.74, 6) is 0.631. The number of pyridine rings is 1. The second-order valence-corrected chi connectivity index (χ2v) is 5.01. The molecule has 0 spiro atoms. The van der Waals surface area contributed by atoms with E-state index in [1.54, 1.807) is 6.20 Å². The molecule has 5 heteroatoms. The SMILES string of the molecule is CCOc1ccc(NCc2[nH]c3ccccc3c2Cl)cn1. The van der Waals surface area contributed by atoms with Gasteiger partial charge in [0, 0.05) is 17.0 Å². The third-order valence-electron chi connectivity index (χ3n) is 3.21. The van der Waals surface area contributed by atoms with E-state index in [9.17, 15) is 0 Å². The van der Waals surface area contributed by atoms with E-state index in [2.05, 4.69) is 15.3 Å². The van der Waals surface area contributed by atoms with E-state index in [1.165, 1.54) is 0 Å². The Morgan fingerprint density at radius 2 is 2.10 bits per heavy atom. The van der Waals surface area contributed by atoms with Gasteiger partial charge in [0.1, 0.15) is 0 Å². The van der Waals surface area contributed by atoms with Gasteiger partial charge in [-0.25, -0.2) is 4.98 Å². The number of aromatic nitrogens is 2. The maximum absolute atomic E-state index is 6.38. The third kappa shape index (κ3) is 2.95. The van der Waals surface area contributed by atoms with Gasteiger partial charge in [0.05, 0.1) is 35.8 Å². The van der Waals surface area contributed by atoms with Crippen molar-refractivity contribution in [2.45, 2.75) is 13.5 Å². The van der Waals surface area contributed by atoms with Crippen LogP contribution in [0.15, 0.2) is 42.6 Å². The number of nitrogens with one attached hydrogen (secondary N) is 2. The van der Waals surface area contributed by atoms with Crippen molar-refractivity contribution in [3.8, 4) is 5.88 Å². The van der Waals surface area contributed by atoms with E-state index >= 15 is 0 Å². The molecule has 0 aliphatic carbocycles. The number of rotatable bonds is 5. The highest BCUT2D eigenvalue weighted by molar-refractivity contribution is 6.36. The van der Waals surface area contributed by atoms with Gasteiger partial charge in [-0.2, -0.15) is 0 Å². The van der Waals surface area contributed by atoms with Gasteiger partial charge in [-0.15, -0.1) is 0 Å². The predicted molar refractivity (Wildman–Crippen MR) is 86.0 cm³/mol. The van der Waals surface area contributed by atoms with Gasteiger partial charge >= 0.3 is 0 Å². The van der Waals surface area contributed by atoms with Gasteiger partial charge in [0.25, 0.3) is 0 Å². The molecule has 2 aromatic heterocycles. The Morgan fingerprint density at radius 3 is 2.81 bits per heavy atom. The molecule has 4 nitrogen and oxygen atoms in total. The Kier molecular flexibility index (Phi) is 3.97. The molecule has 108 valence electrons. The van der Waals surface area contributed by atoms with Crippen molar-refractivity contribution in [1.29, 1.82) is 0 Å². The second kappa shape index (κ2) is 6.06. The zero-order valence-electron chi connectivity index (χ0n) is 11.7. The standard InChI is InChI=1S/C16H16ClN3O/c1-2-21-15-8-7-11(9-19-15)18-10-14-16(17)12-5-3-4-6-13(12)20-14/h3-9,18,20H,2,10H2,1H3. The summed E-state index contributed by atoms with van der Waals surface area (Å²) in [4.78, 5) is 7.54. The zero-order chi connectivity index (χ0) is 14.7. The molecule has 0 radical (unpaired) electrons. The fraction of sp³-hybridized carbons (Fsp3) is 0.188. The van der Waals surface area contributed by atoms with Crippen molar-refractivity contribution in [2.75, 3.05) is 11.9 Å². The molecule has 0 bridgehead atoms. The topological polar surface area (TPSA) is 49.9 Å². The fourth-order valence-corrected chi connectivity index (χ4v) is 2.47. The Hall–Kier alpha value is -2.20. The number of fused-ring (bicyclic) bond motifs is 1. The first kappa shape index (κ1) is 13.8. The monoisotopic (exact) mass is 301 g/mol. The van der Waals surface area contributed by atoms with Gasteiger partial charge in [-0.3, -0.25) is 0 Å². The highest BCUT2D eigenvalue weighted by Gasteiger charge is 2.08. The van der Waals surface area contributed by atoms with Crippen LogP contribution >= 0.6 is 11.6 Å². The Bertz CT molecular complexity index is 737. The molecular formula is C16H16ClN3O. The van der Waals surface area contributed by atoms with E-state index < -0.39 is 0 Å². The average molecular weight is 302 g/mol. The molecule has 0 saturated heterocycles. The number of benzene rings is 1. The molecule has 2 heterocycles. The summed E-state index contributed by atoms with van der Waals surface area (Å²) in [7, 11) is 0. The van der Waals surface area contributed by atoms with Gasteiger partial charge in [-0.1, -0.05) is 29.8 Å². The lowest BCUT2D eigenvalue weighted by atomic mass is 10.2. The second-order valence-electron chi connectivity index (χ2n) is 4.63. The number of H-pyrrole nitrogens is 1. The Morgan fingerprint density at radius 1 is 1.24 bits per heavy atom. The molecule has 2 N–H and O–H groups in total. The Balaban J connectivity index is 1.72. The molecule has 1 aromatic carbocycles. The largest absolute Gasteiger partial charge is 0.478 e. The quantitative estimate of drug-likeness (QED) is 0.741. The molecule has 21 heavy (non-hydrogen) atoms. The first-order valence-electron chi connectivity index (χ1n) is 6.85. The van der Waals surface area contributed by atoms with E-state index in [1.807, 2.05) is 43.3 Å². The van der Waals surface area contributed by atoms with Crippen LogP contribution in [0.1, 0.15) is 12.6 Å². The number of nitrogens with zero attached hydrogens (tertiary/aromatic N) is 1. The summed E-state index contributed by atoms with van der Waals surface area (Å²) in [5, 5.41) is 5.10. The van der Waals surface area contributed by atoms with Crippen LogP contribution in [0.25, 0.3) is 10.9 Å². The normalized spacial score (nSPS) is 10.8. The van der Waals surface area contributed by atoms with Gasteiger partial charge in [0.15, 0.2) is 0 Å². The molecule has 0 aliphatic rings. The highest BCUT2D eigenvalue weighted by Crippen LogP contribution is 2.27. The van der Waals surface area contributed by atoms with Crippen molar-refractivity contribution in [3.63, 3.8) is 0 Å². The lowest BCUT2D eigenvalue weighted by molar-refractivity contribution is 0.327. The van der Waals surface area contributed by atoms with Gasteiger partial charge in [-0.05, 0) is 19.1 Å². The molecule has 0 atom stereocenters. The number of aromatic amines is 1. The molecule has 0 unspecified atom stereocenters. The number of anilines is 1. The lowest BCUT2D eigenvalue weighted by Crippen LogP contribution is -2.01. The number of para-hydroxylation sites is 1. The van der Waals surface area contributed by atoms with Crippen LogP contribution in [0, 0.1) is 0 Å². The first-order valence-corrected chi connectivity index (χ1v) is 7.23. The molecule has 0 aliphatic heterocycles. The molecule has 0 fully saturated rings. The van der Waals surface area contributed by atoms with E-state index in [0.717, 1.165) is 27.3 Å². The molecule has 0 saturated carbocycles. The van der Waals surface area contributed by atoms with Crippen molar-refractivity contribution in [2.24, 2.45) is 0 Å². The minimum absolute atomic E-state index is 0.614. The number of ether oxygens (including phenoxy) is 1. The number of hydrogen-bond acceptors (Lipinski definition) is 3. The highest BCUT2D eigenvalue weighted by atomic mass is 35.5. The van der Waals surface area contributed by atoms with Crippen LogP contribution in [-0.2, 0) is 6.54 Å². The van der Waals surface area contributed by atoms with Crippen LogP contribution in [-0.4, -0.2) is 16.6 Å². The maximum atomic E-state index is 6.38. The van der Waals surface area contributed by atoms with Crippen LogP contribution in [0.5, 0.6) is 5.88 Å². The van der Waals surface area contributed by atoms with Crippen LogP contribution in [0.2, 0.25) is 5.02 Å². The van der Waals surface area contributed by atoms with Crippen molar-refractivity contribution in [1.82, 2.24) is 9.97 Å². The predicted octanol–water partition coefficient (Wildman–Crippen LogP) is 4.23. The summed E-state index contributed by atoms with van der Waals surface area (Å²) >= 11 is 6.38. The summed E-state index contributed by atoms with van der Waals surface area (Å²) < 4.78 is 5.32. The van der Waals surface area contributed by atoms with E-state index in [4.69, 9.17) is 16.3 Å². The summed E-state index contributed by atoms with van der Waals surface area (Å²) in [6, 6.07) is 11.8. The smallest absolute Gasteiger partial charge is 0.213 e. The third-order valence-corrected chi connectivity index (χ3v) is 3.64. The van der Waals surface area contributed by atoms with Crippen LogP contribution in [0.4, 0.5) is 5.69 Å². The molecule has 0 amide bonds. The van der Waals surface area contributed by atoms with Crippen molar-refractivity contribution in [3.05, 3.63) is 53.3 Å². The first-order chi connectivity index (χ1) is 10.3. The van der Waals surface area contributed by atoms with Crippen LogP contribution in [0.3, 0.4) is 0 Å². The number of hydrogen-bond donors (Lipinski definition) is 2. The summed E-state index contributed by atoms with van der Waals surface area (Å²) in [6.45, 7) is 3.17. The van der Waals surface area contributed by atoms with Gasteiger partial charge < -0.3 is 15.0 Å². The zero-order valence-corrected chi connectivity index (χ0v) is 12.4.